The molecule has 1 aromatic rings. The van der Waals surface area contributed by atoms with Gasteiger partial charge in [0.05, 0.1) is 4.90 Å². The lowest BCUT2D eigenvalue weighted by molar-refractivity contribution is -0.128. The molecule has 23 heavy (non-hydrogen) atoms. The molecular formula is C16H25ClN2O3S. The van der Waals surface area contributed by atoms with Gasteiger partial charge in [0.2, 0.25) is 15.9 Å². The lowest BCUT2D eigenvalue weighted by Gasteiger charge is -2.22. The SMILES string of the molecule is CC(=O)N(CCNS(=O)(=O)c1ccc(Cl)c(C)c1)CCC(C)C. The van der Waals surface area contributed by atoms with E-state index in [4.69, 9.17) is 11.6 Å². The fourth-order valence-corrected chi connectivity index (χ4v) is 3.25. The molecule has 1 N–H and O–H groups in total. The van der Waals surface area contributed by atoms with E-state index in [0.29, 0.717) is 29.6 Å². The summed E-state index contributed by atoms with van der Waals surface area (Å²) in [6.45, 7) is 8.60. The Morgan fingerprint density at radius 1 is 1.30 bits per heavy atom. The number of amides is 1. The van der Waals surface area contributed by atoms with Gasteiger partial charge in [-0.2, -0.15) is 0 Å². The monoisotopic (exact) mass is 360 g/mol. The summed E-state index contributed by atoms with van der Waals surface area (Å²) in [4.78, 5) is 13.4. The zero-order chi connectivity index (χ0) is 17.6. The number of hydrogen-bond donors (Lipinski definition) is 1. The molecule has 0 heterocycles. The summed E-state index contributed by atoms with van der Waals surface area (Å²) in [6, 6.07) is 4.57. The number of nitrogens with one attached hydrogen (secondary N) is 1. The van der Waals surface area contributed by atoms with Crippen molar-refractivity contribution in [2.75, 3.05) is 19.6 Å². The first kappa shape index (κ1) is 19.9. The topological polar surface area (TPSA) is 66.5 Å². The lowest BCUT2D eigenvalue weighted by Crippen LogP contribution is -2.38. The minimum atomic E-state index is -3.60. The molecule has 0 atom stereocenters. The van der Waals surface area contributed by atoms with Gasteiger partial charge in [-0.15, -0.1) is 0 Å². The van der Waals surface area contributed by atoms with Crippen molar-refractivity contribution in [3.05, 3.63) is 28.8 Å². The quantitative estimate of drug-likeness (QED) is 0.775. The average Bonchev–Trinajstić information content (AvgIpc) is 2.44. The second kappa shape index (κ2) is 8.66. The molecule has 1 rings (SSSR count). The number of carbonyl (C=O) groups excluding carboxylic acids is 1. The maximum Gasteiger partial charge on any atom is 0.240 e. The predicted molar refractivity (Wildman–Crippen MR) is 93.1 cm³/mol. The molecule has 7 heteroatoms. The normalized spacial score (nSPS) is 11.7. The van der Waals surface area contributed by atoms with Crippen LogP contribution in [0, 0.1) is 12.8 Å². The van der Waals surface area contributed by atoms with Gasteiger partial charge in [-0.05, 0) is 43.0 Å². The van der Waals surface area contributed by atoms with Gasteiger partial charge in [0, 0.05) is 31.6 Å². The molecule has 0 radical (unpaired) electrons. The molecule has 0 aliphatic rings. The van der Waals surface area contributed by atoms with Crippen molar-refractivity contribution in [3.8, 4) is 0 Å². The summed E-state index contributed by atoms with van der Waals surface area (Å²) in [5.41, 5.74) is 0.705. The lowest BCUT2D eigenvalue weighted by atomic mass is 10.1. The Labute approximate surface area is 144 Å². The van der Waals surface area contributed by atoms with E-state index in [9.17, 15) is 13.2 Å². The predicted octanol–water partition coefficient (Wildman–Crippen LogP) is 2.82. The number of carbonyl (C=O) groups is 1. The second-order valence-corrected chi connectivity index (χ2v) is 8.17. The maximum absolute atomic E-state index is 12.3. The Morgan fingerprint density at radius 3 is 2.48 bits per heavy atom. The molecule has 1 aromatic carbocycles. The Balaban J connectivity index is 2.64. The Morgan fingerprint density at radius 2 is 1.96 bits per heavy atom. The van der Waals surface area contributed by atoms with Crippen LogP contribution in [0.15, 0.2) is 23.1 Å². The van der Waals surface area contributed by atoms with Gasteiger partial charge in [0.15, 0.2) is 0 Å². The maximum atomic E-state index is 12.3. The molecule has 0 bridgehead atoms. The van der Waals surface area contributed by atoms with E-state index in [-0.39, 0.29) is 17.3 Å². The van der Waals surface area contributed by atoms with Crippen LogP contribution in [0.4, 0.5) is 0 Å². The summed E-state index contributed by atoms with van der Waals surface area (Å²) in [7, 11) is -3.60. The molecule has 130 valence electrons. The van der Waals surface area contributed by atoms with Crippen LogP contribution in [0.3, 0.4) is 0 Å². The van der Waals surface area contributed by atoms with Crippen LogP contribution in [0.2, 0.25) is 5.02 Å². The summed E-state index contributed by atoms with van der Waals surface area (Å²) in [5.74, 6) is 0.442. The van der Waals surface area contributed by atoms with Gasteiger partial charge >= 0.3 is 0 Å². The molecule has 0 aromatic heterocycles. The van der Waals surface area contributed by atoms with E-state index in [0.717, 1.165) is 6.42 Å². The van der Waals surface area contributed by atoms with Gasteiger partial charge in [-0.1, -0.05) is 25.4 Å². The van der Waals surface area contributed by atoms with Gasteiger partial charge in [-0.25, -0.2) is 13.1 Å². The molecular weight excluding hydrogens is 336 g/mol. The van der Waals surface area contributed by atoms with Crippen LogP contribution in [-0.2, 0) is 14.8 Å². The largest absolute Gasteiger partial charge is 0.342 e. The van der Waals surface area contributed by atoms with Crippen molar-refractivity contribution < 1.29 is 13.2 Å². The first-order valence-electron chi connectivity index (χ1n) is 7.65. The van der Waals surface area contributed by atoms with Crippen LogP contribution in [0.25, 0.3) is 0 Å². The molecule has 0 unspecified atom stereocenters. The molecule has 0 saturated carbocycles. The van der Waals surface area contributed by atoms with E-state index < -0.39 is 10.0 Å². The summed E-state index contributed by atoms with van der Waals surface area (Å²) < 4.78 is 27.0. The highest BCUT2D eigenvalue weighted by Gasteiger charge is 2.16. The Hall–Kier alpha value is -1.11. The zero-order valence-corrected chi connectivity index (χ0v) is 15.7. The van der Waals surface area contributed by atoms with Crippen molar-refractivity contribution in [3.63, 3.8) is 0 Å². The molecule has 5 nitrogen and oxygen atoms in total. The van der Waals surface area contributed by atoms with Gasteiger partial charge < -0.3 is 4.90 Å². The molecule has 0 saturated heterocycles. The van der Waals surface area contributed by atoms with Crippen molar-refractivity contribution in [1.82, 2.24) is 9.62 Å². The van der Waals surface area contributed by atoms with Crippen LogP contribution in [-0.4, -0.2) is 38.9 Å². The number of nitrogens with zero attached hydrogens (tertiary/aromatic N) is 1. The van der Waals surface area contributed by atoms with E-state index in [1.165, 1.54) is 19.1 Å². The fraction of sp³-hybridized carbons (Fsp3) is 0.562. The van der Waals surface area contributed by atoms with E-state index in [1.807, 2.05) is 0 Å². The van der Waals surface area contributed by atoms with Crippen molar-refractivity contribution in [1.29, 1.82) is 0 Å². The van der Waals surface area contributed by atoms with E-state index >= 15 is 0 Å². The number of hydrogen-bond acceptors (Lipinski definition) is 3. The second-order valence-electron chi connectivity index (χ2n) is 6.00. The number of rotatable bonds is 8. The first-order valence-corrected chi connectivity index (χ1v) is 9.51. The number of benzene rings is 1. The fourth-order valence-electron chi connectivity index (χ4n) is 2.02. The number of sulfonamides is 1. The van der Waals surface area contributed by atoms with Gasteiger partial charge in [0.1, 0.15) is 0 Å². The Bertz CT molecular complexity index is 645. The van der Waals surface area contributed by atoms with Crippen molar-refractivity contribution >= 4 is 27.5 Å². The first-order chi connectivity index (χ1) is 10.6. The van der Waals surface area contributed by atoms with Crippen LogP contribution in [0.1, 0.15) is 32.8 Å². The zero-order valence-electron chi connectivity index (χ0n) is 14.1. The summed E-state index contributed by atoms with van der Waals surface area (Å²) >= 11 is 5.91. The van der Waals surface area contributed by atoms with E-state index in [1.54, 1.807) is 17.9 Å². The van der Waals surface area contributed by atoms with Crippen molar-refractivity contribution in [2.45, 2.75) is 39.0 Å². The minimum Gasteiger partial charge on any atom is -0.342 e. The van der Waals surface area contributed by atoms with Crippen LogP contribution in [0.5, 0.6) is 0 Å². The molecule has 0 aliphatic heterocycles. The average molecular weight is 361 g/mol. The third-order valence-electron chi connectivity index (χ3n) is 3.54. The van der Waals surface area contributed by atoms with Gasteiger partial charge in [0.25, 0.3) is 0 Å². The van der Waals surface area contributed by atoms with E-state index in [2.05, 4.69) is 18.6 Å². The third-order valence-corrected chi connectivity index (χ3v) is 5.42. The summed E-state index contributed by atoms with van der Waals surface area (Å²) in [5, 5.41) is 0.528. The standard InChI is InChI=1S/C16H25ClN2O3S/c1-12(2)7-9-19(14(4)20)10-8-18-23(21,22)15-5-6-16(17)13(3)11-15/h5-6,11-12,18H,7-10H2,1-4H3. The number of halogens is 1. The molecule has 1 amide bonds. The minimum absolute atomic E-state index is 0.0489. The Kier molecular flexibility index (Phi) is 7.51. The van der Waals surface area contributed by atoms with Crippen LogP contribution < -0.4 is 4.72 Å². The summed E-state index contributed by atoms with van der Waals surface area (Å²) in [6.07, 6.45) is 0.892. The molecule has 0 spiro atoms. The van der Waals surface area contributed by atoms with Gasteiger partial charge in [-0.3, -0.25) is 4.79 Å². The highest BCUT2D eigenvalue weighted by atomic mass is 35.5. The molecule has 0 aliphatic carbocycles. The van der Waals surface area contributed by atoms with Crippen LogP contribution >= 0.6 is 11.6 Å². The van der Waals surface area contributed by atoms with Crippen molar-refractivity contribution in [2.24, 2.45) is 5.92 Å². The third kappa shape index (κ3) is 6.49. The highest BCUT2D eigenvalue weighted by Crippen LogP contribution is 2.19. The highest BCUT2D eigenvalue weighted by molar-refractivity contribution is 7.89. The smallest absolute Gasteiger partial charge is 0.240 e. The molecule has 0 fully saturated rings. The number of aryl methyl sites for hydroxylation is 1.